The Bertz CT molecular complexity index is 1220. The number of nitrogens with zero attached hydrogens (tertiary/aromatic N) is 2. The van der Waals surface area contributed by atoms with Crippen molar-refractivity contribution in [2.45, 2.75) is 27.0 Å². The molecule has 2 aromatic carbocycles. The first-order chi connectivity index (χ1) is 15.0. The van der Waals surface area contributed by atoms with Crippen LogP contribution in [0.3, 0.4) is 0 Å². The van der Waals surface area contributed by atoms with Gasteiger partial charge in [0.25, 0.3) is 5.91 Å². The fourth-order valence-corrected chi connectivity index (χ4v) is 4.04. The van der Waals surface area contributed by atoms with Gasteiger partial charge in [0.05, 0.1) is 22.6 Å². The number of carbonyl (C=O) groups excluding carboxylic acids is 1. The molecule has 158 valence electrons. The molecule has 0 aliphatic heterocycles. The van der Waals surface area contributed by atoms with Crippen molar-refractivity contribution in [3.63, 3.8) is 0 Å². The van der Waals surface area contributed by atoms with Gasteiger partial charge in [-0.3, -0.25) is 9.48 Å². The lowest BCUT2D eigenvalue weighted by molar-refractivity contribution is 0.103. The van der Waals surface area contributed by atoms with E-state index in [4.69, 9.17) is 16.3 Å². The minimum Gasteiger partial charge on any atom is -0.489 e. The zero-order valence-electron chi connectivity index (χ0n) is 17.3. The number of thiophene rings is 1. The first kappa shape index (κ1) is 21.2. The van der Waals surface area contributed by atoms with Crippen molar-refractivity contribution in [1.82, 2.24) is 9.78 Å². The monoisotopic (exact) mass is 451 g/mol. The Morgan fingerprint density at radius 1 is 1.13 bits per heavy atom. The van der Waals surface area contributed by atoms with Gasteiger partial charge in [-0.15, -0.1) is 11.3 Å². The average molecular weight is 452 g/mol. The Kier molecular flexibility index (Phi) is 6.39. The number of aromatic nitrogens is 2. The summed E-state index contributed by atoms with van der Waals surface area (Å²) in [5, 5.41) is 9.70. The molecule has 0 saturated heterocycles. The highest BCUT2D eigenvalue weighted by atomic mass is 35.5. The van der Waals surface area contributed by atoms with Crippen LogP contribution in [0.4, 0.5) is 5.69 Å². The number of benzene rings is 2. The van der Waals surface area contributed by atoms with Crippen LogP contribution >= 0.6 is 22.9 Å². The minimum atomic E-state index is -0.137. The second-order valence-corrected chi connectivity index (χ2v) is 8.71. The molecule has 0 fully saturated rings. The molecule has 31 heavy (non-hydrogen) atoms. The van der Waals surface area contributed by atoms with Crippen LogP contribution in [0.5, 0.6) is 5.75 Å². The maximum absolute atomic E-state index is 12.7. The summed E-state index contributed by atoms with van der Waals surface area (Å²) in [7, 11) is 0. The van der Waals surface area contributed by atoms with E-state index in [0.717, 1.165) is 22.6 Å². The predicted octanol–water partition coefficient (Wildman–Crippen LogP) is 6.09. The smallest absolute Gasteiger partial charge is 0.265 e. The largest absolute Gasteiger partial charge is 0.489 e. The summed E-state index contributed by atoms with van der Waals surface area (Å²) in [6.45, 7) is 5.14. The van der Waals surface area contributed by atoms with Gasteiger partial charge >= 0.3 is 0 Å². The highest BCUT2D eigenvalue weighted by molar-refractivity contribution is 7.12. The van der Waals surface area contributed by atoms with E-state index in [0.29, 0.717) is 23.1 Å². The average Bonchev–Trinajstić information content (AvgIpc) is 3.38. The molecule has 0 spiro atoms. The van der Waals surface area contributed by atoms with Gasteiger partial charge in [-0.1, -0.05) is 29.8 Å². The molecule has 2 heterocycles. The molecule has 0 aliphatic rings. The van der Waals surface area contributed by atoms with Crippen LogP contribution in [0, 0.1) is 13.8 Å². The summed E-state index contributed by atoms with van der Waals surface area (Å²) in [5.41, 5.74) is 5.16. The summed E-state index contributed by atoms with van der Waals surface area (Å²) in [4.78, 5) is 13.3. The number of hydrogen-bond acceptors (Lipinski definition) is 4. The summed E-state index contributed by atoms with van der Waals surface area (Å²) >= 11 is 7.33. The quantitative estimate of drug-likeness (QED) is 0.369. The lowest BCUT2D eigenvalue weighted by Gasteiger charge is -2.07. The first-order valence-electron chi connectivity index (χ1n) is 9.82. The summed E-state index contributed by atoms with van der Waals surface area (Å²) in [5.74, 6) is 0.692. The maximum Gasteiger partial charge on any atom is 0.265 e. The van der Waals surface area contributed by atoms with Crippen molar-refractivity contribution in [3.05, 3.63) is 98.5 Å². The molecule has 0 saturated carbocycles. The number of nitrogens with one attached hydrogen (secondary N) is 1. The highest BCUT2D eigenvalue weighted by Gasteiger charge is 2.11. The van der Waals surface area contributed by atoms with E-state index in [1.54, 1.807) is 17.1 Å². The first-order valence-corrected chi connectivity index (χ1v) is 11.1. The number of amides is 1. The Labute approximate surface area is 190 Å². The molecule has 0 unspecified atom stereocenters. The van der Waals surface area contributed by atoms with E-state index in [2.05, 4.69) is 24.3 Å². The fraction of sp³-hybridized carbons (Fsp3) is 0.167. The number of ether oxygens (including phenoxy) is 1. The number of halogens is 1. The zero-order valence-corrected chi connectivity index (χ0v) is 18.8. The Hall–Kier alpha value is -3.09. The van der Waals surface area contributed by atoms with Gasteiger partial charge in [0.2, 0.25) is 0 Å². The van der Waals surface area contributed by atoms with Crippen molar-refractivity contribution in [2.75, 3.05) is 5.32 Å². The third-order valence-corrected chi connectivity index (χ3v) is 6.07. The molecular weight excluding hydrogens is 430 g/mol. The van der Waals surface area contributed by atoms with Gasteiger partial charge in [-0.25, -0.2) is 0 Å². The predicted molar refractivity (Wildman–Crippen MR) is 125 cm³/mol. The van der Waals surface area contributed by atoms with E-state index in [9.17, 15) is 4.79 Å². The summed E-state index contributed by atoms with van der Waals surface area (Å²) < 4.78 is 7.62. The minimum absolute atomic E-state index is 0.137. The third-order valence-electron chi connectivity index (χ3n) is 4.89. The van der Waals surface area contributed by atoms with E-state index in [1.807, 2.05) is 53.9 Å². The van der Waals surface area contributed by atoms with Gasteiger partial charge < -0.3 is 10.1 Å². The van der Waals surface area contributed by atoms with Crippen molar-refractivity contribution in [3.8, 4) is 5.75 Å². The Morgan fingerprint density at radius 3 is 2.77 bits per heavy atom. The van der Waals surface area contributed by atoms with Crippen LogP contribution in [-0.4, -0.2) is 15.7 Å². The number of hydrogen-bond donors (Lipinski definition) is 1. The van der Waals surface area contributed by atoms with E-state index < -0.39 is 0 Å². The second-order valence-electron chi connectivity index (χ2n) is 7.36. The standard InChI is InChI=1S/C24H22ClN3O2S/c1-16-6-7-22(8-17(16)2)30-14-19-10-23(31-15-19)24(29)27-21-5-3-4-18(9-21)12-28-13-20(25)11-26-28/h3-11,13,15H,12,14H2,1-2H3,(H,27,29). The fourth-order valence-electron chi connectivity index (χ4n) is 3.09. The van der Waals surface area contributed by atoms with Crippen LogP contribution in [-0.2, 0) is 13.2 Å². The molecule has 0 aliphatic carbocycles. The molecule has 1 amide bonds. The molecule has 4 aromatic rings. The van der Waals surface area contributed by atoms with Crippen LogP contribution < -0.4 is 10.1 Å². The van der Waals surface area contributed by atoms with Crippen molar-refractivity contribution >= 4 is 34.5 Å². The number of anilines is 1. The van der Waals surface area contributed by atoms with E-state index in [-0.39, 0.29) is 5.91 Å². The Balaban J connectivity index is 1.36. The number of rotatable bonds is 7. The summed E-state index contributed by atoms with van der Waals surface area (Å²) in [6.07, 6.45) is 3.37. The van der Waals surface area contributed by atoms with Crippen LogP contribution in [0.25, 0.3) is 0 Å². The third kappa shape index (κ3) is 5.54. The maximum atomic E-state index is 12.7. The number of aryl methyl sites for hydroxylation is 2. The van der Waals surface area contributed by atoms with E-state index in [1.165, 1.54) is 22.5 Å². The van der Waals surface area contributed by atoms with Gasteiger partial charge in [0.1, 0.15) is 12.4 Å². The number of carbonyl (C=O) groups is 1. The lowest BCUT2D eigenvalue weighted by Crippen LogP contribution is -2.10. The molecule has 7 heteroatoms. The Morgan fingerprint density at radius 2 is 2.00 bits per heavy atom. The summed E-state index contributed by atoms with van der Waals surface area (Å²) in [6, 6.07) is 15.6. The molecule has 2 aromatic heterocycles. The second kappa shape index (κ2) is 9.37. The zero-order chi connectivity index (χ0) is 21.8. The van der Waals surface area contributed by atoms with Gasteiger partial charge in [-0.2, -0.15) is 5.10 Å². The molecule has 0 atom stereocenters. The van der Waals surface area contributed by atoms with Crippen molar-refractivity contribution in [1.29, 1.82) is 0 Å². The highest BCUT2D eigenvalue weighted by Crippen LogP contribution is 2.21. The van der Waals surface area contributed by atoms with Crippen molar-refractivity contribution in [2.24, 2.45) is 0 Å². The molecular formula is C24H22ClN3O2S. The van der Waals surface area contributed by atoms with Crippen LogP contribution in [0.15, 0.2) is 66.3 Å². The molecule has 4 rings (SSSR count). The van der Waals surface area contributed by atoms with E-state index >= 15 is 0 Å². The molecule has 0 radical (unpaired) electrons. The topological polar surface area (TPSA) is 56.1 Å². The van der Waals surface area contributed by atoms with Crippen LogP contribution in [0.1, 0.15) is 31.9 Å². The SMILES string of the molecule is Cc1ccc(OCc2csc(C(=O)Nc3cccc(Cn4cc(Cl)cn4)c3)c2)cc1C. The normalized spacial score (nSPS) is 10.8. The molecule has 1 N–H and O–H groups in total. The van der Waals surface area contributed by atoms with Gasteiger partial charge in [0.15, 0.2) is 0 Å². The van der Waals surface area contributed by atoms with Crippen LogP contribution in [0.2, 0.25) is 5.02 Å². The van der Waals surface area contributed by atoms with Gasteiger partial charge in [-0.05, 0) is 66.2 Å². The van der Waals surface area contributed by atoms with Gasteiger partial charge in [0, 0.05) is 17.4 Å². The molecule has 0 bridgehead atoms. The molecule has 5 nitrogen and oxygen atoms in total. The lowest BCUT2D eigenvalue weighted by atomic mass is 10.1. The van der Waals surface area contributed by atoms with Crippen molar-refractivity contribution < 1.29 is 9.53 Å².